The predicted octanol–water partition coefficient (Wildman–Crippen LogP) is 8.10. The van der Waals surface area contributed by atoms with Gasteiger partial charge in [0.25, 0.3) is 0 Å². The Morgan fingerprint density at radius 3 is 2.56 bits per heavy atom. The highest BCUT2D eigenvalue weighted by atomic mass is 16.5. The Labute approximate surface area is 214 Å². The number of hydrogen-bond acceptors (Lipinski definition) is 4. The predicted molar refractivity (Wildman–Crippen MR) is 148 cm³/mol. The molecular weight excluding hydrogens is 448 g/mol. The molecule has 1 aromatic carbocycles. The highest BCUT2D eigenvalue weighted by Crippen LogP contribution is 2.40. The van der Waals surface area contributed by atoms with E-state index in [9.17, 15) is 9.59 Å². The lowest BCUT2D eigenvalue weighted by molar-refractivity contribution is -0.129. The molecule has 1 aromatic heterocycles. The van der Waals surface area contributed by atoms with Crippen molar-refractivity contribution in [1.29, 1.82) is 0 Å². The number of carbonyl (C=O) groups is 1. The minimum atomic E-state index is -0.469. The van der Waals surface area contributed by atoms with Gasteiger partial charge >= 0.3 is 11.6 Å². The Kier molecular flexibility index (Phi) is 8.73. The van der Waals surface area contributed by atoms with Crippen LogP contribution in [0.15, 0.2) is 86.2 Å². The van der Waals surface area contributed by atoms with Crippen molar-refractivity contribution in [2.45, 2.75) is 74.1 Å². The lowest BCUT2D eigenvalue weighted by Gasteiger charge is -2.32. The smallest absolute Gasteiger partial charge is 0.336 e. The molecule has 0 N–H and O–H groups in total. The summed E-state index contributed by atoms with van der Waals surface area (Å²) in [5.41, 5.74) is 6.78. The van der Waals surface area contributed by atoms with Gasteiger partial charge in [0.2, 0.25) is 0 Å². The van der Waals surface area contributed by atoms with Crippen molar-refractivity contribution >= 4 is 16.9 Å². The Morgan fingerprint density at radius 2 is 1.86 bits per heavy atom. The third-order valence-electron chi connectivity index (χ3n) is 6.84. The number of ether oxygens (including phenoxy) is 1. The van der Waals surface area contributed by atoms with Gasteiger partial charge in [-0.2, -0.15) is 0 Å². The largest absolute Gasteiger partial charge is 0.423 e. The normalized spacial score (nSPS) is 17.0. The van der Waals surface area contributed by atoms with Gasteiger partial charge in [0.05, 0.1) is 0 Å². The van der Waals surface area contributed by atoms with Gasteiger partial charge in [0.15, 0.2) is 0 Å². The first-order chi connectivity index (χ1) is 17.0. The molecule has 4 heteroatoms. The fourth-order valence-corrected chi connectivity index (χ4v) is 4.77. The summed E-state index contributed by atoms with van der Waals surface area (Å²) >= 11 is 0. The van der Waals surface area contributed by atoms with Gasteiger partial charge in [-0.25, -0.2) is 9.59 Å². The summed E-state index contributed by atoms with van der Waals surface area (Å²) in [5.74, 6) is -0.0587. The monoisotopic (exact) mass is 486 g/mol. The van der Waals surface area contributed by atoms with E-state index in [4.69, 9.17) is 9.15 Å². The summed E-state index contributed by atoms with van der Waals surface area (Å²) in [5, 5.41) is 0.843. The zero-order valence-corrected chi connectivity index (χ0v) is 22.7. The molecule has 0 fully saturated rings. The number of fused-ring (bicyclic) bond motifs is 1. The number of carbonyl (C=O) groups excluding carboxylic acids is 1. The fourth-order valence-electron chi connectivity index (χ4n) is 4.77. The van der Waals surface area contributed by atoms with Gasteiger partial charge in [0.1, 0.15) is 11.3 Å². The molecule has 1 heterocycles. The van der Waals surface area contributed by atoms with E-state index in [1.54, 1.807) is 6.07 Å². The van der Waals surface area contributed by atoms with Crippen LogP contribution in [0.5, 0.6) is 5.75 Å². The fraction of sp³-hybridized carbons (Fsp3) is 0.375. The van der Waals surface area contributed by atoms with Crippen molar-refractivity contribution in [3.8, 4) is 5.75 Å². The van der Waals surface area contributed by atoms with E-state index in [1.165, 1.54) is 42.6 Å². The van der Waals surface area contributed by atoms with Crippen molar-refractivity contribution in [3.05, 3.63) is 98.5 Å². The van der Waals surface area contributed by atoms with Crippen molar-refractivity contribution < 1.29 is 13.9 Å². The molecule has 1 aliphatic carbocycles. The van der Waals surface area contributed by atoms with Gasteiger partial charge < -0.3 is 9.15 Å². The van der Waals surface area contributed by atoms with Crippen molar-refractivity contribution in [2.24, 2.45) is 5.41 Å². The van der Waals surface area contributed by atoms with E-state index < -0.39 is 11.6 Å². The van der Waals surface area contributed by atoms with Crippen molar-refractivity contribution in [1.82, 2.24) is 0 Å². The number of esters is 1. The second kappa shape index (κ2) is 11.6. The zero-order valence-electron chi connectivity index (χ0n) is 22.7. The Hall–Kier alpha value is -3.40. The van der Waals surface area contributed by atoms with Crippen molar-refractivity contribution in [3.63, 3.8) is 0 Å². The van der Waals surface area contributed by atoms with Crippen LogP contribution in [-0.2, 0) is 11.2 Å². The highest BCUT2D eigenvalue weighted by molar-refractivity contribution is 5.88. The van der Waals surface area contributed by atoms with Crippen LogP contribution in [0.4, 0.5) is 0 Å². The zero-order chi connectivity index (χ0) is 26.5. The lowest BCUT2D eigenvalue weighted by atomic mass is 9.72. The molecular formula is C32H38O4. The molecule has 3 rings (SSSR count). The number of rotatable bonds is 7. The third kappa shape index (κ3) is 6.84. The molecule has 0 bridgehead atoms. The average Bonchev–Trinajstić information content (AvgIpc) is 2.77. The van der Waals surface area contributed by atoms with Crippen LogP contribution in [-0.4, -0.2) is 5.97 Å². The number of benzene rings is 1. The molecule has 0 unspecified atom stereocenters. The van der Waals surface area contributed by atoms with E-state index in [1.807, 2.05) is 45.1 Å². The molecule has 190 valence electrons. The number of hydrogen-bond donors (Lipinski definition) is 0. The highest BCUT2D eigenvalue weighted by Gasteiger charge is 2.26. The van der Waals surface area contributed by atoms with Crippen LogP contribution in [0.1, 0.15) is 71.9 Å². The van der Waals surface area contributed by atoms with Crippen LogP contribution in [0.2, 0.25) is 0 Å². The second-order valence-corrected chi connectivity index (χ2v) is 10.4. The molecule has 0 aliphatic heterocycles. The topological polar surface area (TPSA) is 56.5 Å². The Morgan fingerprint density at radius 1 is 1.11 bits per heavy atom. The summed E-state index contributed by atoms with van der Waals surface area (Å²) in [7, 11) is 0. The van der Waals surface area contributed by atoms with E-state index in [2.05, 4.69) is 39.8 Å². The molecule has 0 saturated heterocycles. The lowest BCUT2D eigenvalue weighted by Crippen LogP contribution is -2.19. The molecule has 4 nitrogen and oxygen atoms in total. The van der Waals surface area contributed by atoms with Crippen LogP contribution in [0.3, 0.4) is 0 Å². The van der Waals surface area contributed by atoms with E-state index in [0.717, 1.165) is 27.7 Å². The van der Waals surface area contributed by atoms with E-state index in [0.29, 0.717) is 17.8 Å². The first-order valence-electron chi connectivity index (χ1n) is 12.7. The molecule has 1 aliphatic rings. The maximum Gasteiger partial charge on any atom is 0.336 e. The minimum absolute atomic E-state index is 0.224. The van der Waals surface area contributed by atoms with Gasteiger partial charge in [-0.1, -0.05) is 62.3 Å². The summed E-state index contributed by atoms with van der Waals surface area (Å²) in [6.07, 6.45) is 16.1. The summed E-state index contributed by atoms with van der Waals surface area (Å²) in [4.78, 5) is 24.3. The van der Waals surface area contributed by atoms with Crippen LogP contribution in [0.25, 0.3) is 11.0 Å². The number of allylic oxidation sites excluding steroid dienone is 9. The second-order valence-electron chi connectivity index (χ2n) is 10.4. The molecule has 0 radical (unpaired) electrons. The standard InChI is InChI=1S/C32H38O4/c1-8-25-19-26-24(5)18-31(34)36-29(26)20-28(25)35-30(33)17-22(3)12-9-11-21(2)14-15-27-23(4)13-10-16-32(27,6)7/h9,11-12,14-15,17-20H,8,10,13,16H2,1-7H3/b12-9+,15-14+,21-11+,22-17+. The van der Waals surface area contributed by atoms with E-state index in [-0.39, 0.29) is 5.41 Å². The maximum atomic E-state index is 12.6. The Bertz CT molecular complexity index is 1360. The number of aryl methyl sites for hydroxylation is 2. The van der Waals surface area contributed by atoms with Crippen LogP contribution < -0.4 is 10.4 Å². The van der Waals surface area contributed by atoms with Gasteiger partial charge in [0, 0.05) is 23.6 Å². The summed E-state index contributed by atoms with van der Waals surface area (Å²) < 4.78 is 10.9. The van der Waals surface area contributed by atoms with Crippen LogP contribution >= 0.6 is 0 Å². The van der Waals surface area contributed by atoms with Gasteiger partial charge in [-0.3, -0.25) is 0 Å². The van der Waals surface area contributed by atoms with Crippen molar-refractivity contribution in [2.75, 3.05) is 0 Å². The van der Waals surface area contributed by atoms with Crippen LogP contribution in [0, 0.1) is 12.3 Å². The molecule has 36 heavy (non-hydrogen) atoms. The minimum Gasteiger partial charge on any atom is -0.423 e. The molecule has 0 spiro atoms. The summed E-state index contributed by atoms with van der Waals surface area (Å²) in [6.45, 7) is 14.7. The summed E-state index contributed by atoms with van der Waals surface area (Å²) in [6, 6.07) is 5.01. The molecule has 2 aromatic rings. The Balaban J connectivity index is 1.70. The first-order valence-corrected chi connectivity index (χ1v) is 12.7. The van der Waals surface area contributed by atoms with Gasteiger partial charge in [-0.05, 0) is 87.1 Å². The average molecular weight is 487 g/mol. The SMILES string of the molecule is CCc1cc2c(C)cc(=O)oc2cc1OC(=O)/C=C(C)/C=C/C=C(C)/C=C/C1=C(C)CCCC1(C)C. The molecule has 0 atom stereocenters. The van der Waals surface area contributed by atoms with E-state index >= 15 is 0 Å². The molecule has 0 saturated carbocycles. The molecule has 0 amide bonds. The third-order valence-corrected chi connectivity index (χ3v) is 6.84. The first kappa shape index (κ1) is 27.2. The maximum absolute atomic E-state index is 12.6. The van der Waals surface area contributed by atoms with Gasteiger partial charge in [-0.15, -0.1) is 0 Å². The quantitative estimate of drug-likeness (QED) is 0.130.